The van der Waals surface area contributed by atoms with Crippen molar-refractivity contribution in [3.63, 3.8) is 0 Å². The van der Waals surface area contributed by atoms with E-state index in [9.17, 15) is 4.39 Å². The van der Waals surface area contributed by atoms with E-state index in [1.165, 1.54) is 12.3 Å². The number of hydrogen-bond acceptors (Lipinski definition) is 4. The molecule has 3 aromatic heterocycles. The minimum absolute atomic E-state index is 0.391. The molecule has 5 nitrogen and oxygen atoms in total. The van der Waals surface area contributed by atoms with Gasteiger partial charge in [0.05, 0.1) is 34.5 Å². The molecule has 3 heterocycles. The first-order valence-corrected chi connectivity index (χ1v) is 8.55. The average molecular weight is 359 g/mol. The summed E-state index contributed by atoms with van der Waals surface area (Å²) in [5.41, 5.74) is 6.17. The van der Waals surface area contributed by atoms with E-state index in [2.05, 4.69) is 15.4 Å². The van der Waals surface area contributed by atoms with Crippen LogP contribution in [0.3, 0.4) is 0 Å². The number of anilines is 2. The maximum atomic E-state index is 13.1. The van der Waals surface area contributed by atoms with Crippen LogP contribution in [0.2, 0.25) is 0 Å². The highest BCUT2D eigenvalue weighted by molar-refractivity contribution is 6.18. The smallest absolute Gasteiger partial charge is 0.212 e. The van der Waals surface area contributed by atoms with Gasteiger partial charge in [0.15, 0.2) is 0 Å². The van der Waals surface area contributed by atoms with E-state index in [1.54, 1.807) is 10.6 Å². The van der Waals surface area contributed by atoms with Crippen molar-refractivity contribution < 1.29 is 4.39 Å². The van der Waals surface area contributed by atoms with Crippen LogP contribution in [0.25, 0.3) is 5.52 Å². The fourth-order valence-corrected chi connectivity index (χ4v) is 3.13. The molecule has 4 aromatic rings. The van der Waals surface area contributed by atoms with E-state index in [4.69, 9.17) is 5.41 Å². The van der Waals surface area contributed by atoms with Crippen LogP contribution in [0.1, 0.15) is 22.4 Å². The molecular weight excluding hydrogens is 341 g/mol. The Morgan fingerprint density at radius 1 is 1.07 bits per heavy atom. The van der Waals surface area contributed by atoms with E-state index in [0.717, 1.165) is 33.6 Å². The summed E-state index contributed by atoms with van der Waals surface area (Å²) in [6.07, 6.45) is 3.31. The van der Waals surface area contributed by atoms with Gasteiger partial charge in [0.2, 0.25) is 5.95 Å². The fraction of sp³-hybridized carbons (Fsp3) is 0.0952. The second kappa shape index (κ2) is 6.64. The van der Waals surface area contributed by atoms with Crippen LogP contribution in [-0.2, 0) is 0 Å². The molecule has 6 heteroatoms. The molecule has 0 aliphatic rings. The van der Waals surface area contributed by atoms with Crippen LogP contribution < -0.4 is 5.32 Å². The van der Waals surface area contributed by atoms with Crippen molar-refractivity contribution in [2.45, 2.75) is 13.8 Å². The van der Waals surface area contributed by atoms with Gasteiger partial charge in [-0.15, -0.1) is 0 Å². The molecule has 0 atom stereocenters. The SMILES string of the molecule is Cc1cc2c(C(=N)c3cccc(C)c3Nc3ccc(F)nc3)cccn2n1. The third kappa shape index (κ3) is 3.17. The van der Waals surface area contributed by atoms with Crippen molar-refractivity contribution in [2.24, 2.45) is 0 Å². The zero-order valence-electron chi connectivity index (χ0n) is 15.0. The fourth-order valence-electron chi connectivity index (χ4n) is 3.13. The predicted octanol–water partition coefficient (Wildman–Crippen LogP) is 4.65. The molecule has 2 N–H and O–H groups in total. The van der Waals surface area contributed by atoms with Crippen LogP contribution in [-0.4, -0.2) is 20.3 Å². The van der Waals surface area contributed by atoms with Gasteiger partial charge >= 0.3 is 0 Å². The molecule has 0 aliphatic heterocycles. The molecule has 1 aromatic carbocycles. The lowest BCUT2D eigenvalue weighted by Gasteiger charge is -2.16. The second-order valence-electron chi connectivity index (χ2n) is 6.40. The molecule has 0 unspecified atom stereocenters. The molecule has 0 bridgehead atoms. The lowest BCUT2D eigenvalue weighted by molar-refractivity contribution is 0.584. The summed E-state index contributed by atoms with van der Waals surface area (Å²) in [6, 6.07) is 14.5. The molecule has 4 rings (SSSR count). The van der Waals surface area contributed by atoms with Gasteiger partial charge in [0, 0.05) is 17.3 Å². The molecule has 0 aliphatic carbocycles. The number of fused-ring (bicyclic) bond motifs is 1. The maximum absolute atomic E-state index is 13.1. The first-order chi connectivity index (χ1) is 13.0. The summed E-state index contributed by atoms with van der Waals surface area (Å²) in [4.78, 5) is 3.69. The molecule has 27 heavy (non-hydrogen) atoms. The normalized spacial score (nSPS) is 10.9. The van der Waals surface area contributed by atoms with Crippen LogP contribution in [0.4, 0.5) is 15.8 Å². The van der Waals surface area contributed by atoms with E-state index < -0.39 is 5.95 Å². The number of nitrogens with one attached hydrogen (secondary N) is 2. The van der Waals surface area contributed by atoms with Gasteiger partial charge in [-0.1, -0.05) is 18.2 Å². The van der Waals surface area contributed by atoms with Crippen LogP contribution in [0.5, 0.6) is 0 Å². The van der Waals surface area contributed by atoms with Crippen molar-refractivity contribution in [2.75, 3.05) is 5.32 Å². The number of rotatable bonds is 4. The predicted molar refractivity (Wildman–Crippen MR) is 105 cm³/mol. The molecule has 0 spiro atoms. The lowest BCUT2D eigenvalue weighted by atomic mass is 9.98. The van der Waals surface area contributed by atoms with Gasteiger partial charge in [-0.3, -0.25) is 5.41 Å². The van der Waals surface area contributed by atoms with Crippen LogP contribution in [0, 0.1) is 25.2 Å². The molecule has 0 saturated heterocycles. The van der Waals surface area contributed by atoms with E-state index in [1.807, 2.05) is 56.4 Å². The van der Waals surface area contributed by atoms with E-state index in [-0.39, 0.29) is 0 Å². The largest absolute Gasteiger partial charge is 0.353 e. The summed E-state index contributed by atoms with van der Waals surface area (Å²) < 4.78 is 14.9. The number of pyridine rings is 2. The Hall–Kier alpha value is -3.54. The molecule has 0 amide bonds. The minimum atomic E-state index is -0.527. The first kappa shape index (κ1) is 16.9. The lowest BCUT2D eigenvalue weighted by Crippen LogP contribution is -2.08. The summed E-state index contributed by atoms with van der Waals surface area (Å²) >= 11 is 0. The molecule has 134 valence electrons. The van der Waals surface area contributed by atoms with Gasteiger partial charge in [-0.05, 0) is 49.7 Å². The Morgan fingerprint density at radius 2 is 1.89 bits per heavy atom. The number of aromatic nitrogens is 3. The van der Waals surface area contributed by atoms with Crippen molar-refractivity contribution >= 4 is 22.6 Å². The number of hydrogen-bond donors (Lipinski definition) is 2. The summed E-state index contributed by atoms with van der Waals surface area (Å²) in [5, 5.41) is 16.5. The van der Waals surface area contributed by atoms with Gasteiger partial charge in [-0.2, -0.15) is 9.49 Å². The minimum Gasteiger partial charge on any atom is -0.353 e. The molecule has 0 fully saturated rings. The molecule has 0 radical (unpaired) electrons. The average Bonchev–Trinajstić information content (AvgIpc) is 3.04. The highest BCUT2D eigenvalue weighted by Gasteiger charge is 2.16. The van der Waals surface area contributed by atoms with E-state index in [0.29, 0.717) is 11.4 Å². The Labute approximate surface area is 156 Å². The van der Waals surface area contributed by atoms with Crippen molar-refractivity contribution in [1.29, 1.82) is 5.41 Å². The van der Waals surface area contributed by atoms with E-state index >= 15 is 0 Å². The Bertz CT molecular complexity index is 1150. The topological polar surface area (TPSA) is 66.1 Å². The monoisotopic (exact) mass is 359 g/mol. The molecular formula is C21H18FN5. The highest BCUT2D eigenvalue weighted by atomic mass is 19.1. The van der Waals surface area contributed by atoms with Crippen molar-refractivity contribution in [3.05, 3.63) is 89.3 Å². The van der Waals surface area contributed by atoms with Crippen molar-refractivity contribution in [3.8, 4) is 0 Å². The Kier molecular flexibility index (Phi) is 4.16. The zero-order valence-corrected chi connectivity index (χ0v) is 15.0. The molecule has 0 saturated carbocycles. The van der Waals surface area contributed by atoms with Gasteiger partial charge in [0.25, 0.3) is 0 Å². The standard InChI is InChI=1S/C21H18FN5/c1-13-5-3-6-17(21(13)25-15-8-9-19(22)24-12-15)20(23)16-7-4-10-27-18(16)11-14(2)26-27/h3-12,23,25H,1-2H3. The number of aryl methyl sites for hydroxylation is 2. The number of halogens is 1. The maximum Gasteiger partial charge on any atom is 0.212 e. The van der Waals surface area contributed by atoms with Gasteiger partial charge in [-0.25, -0.2) is 9.50 Å². The summed E-state index contributed by atoms with van der Waals surface area (Å²) in [5.74, 6) is -0.527. The second-order valence-corrected chi connectivity index (χ2v) is 6.40. The Balaban J connectivity index is 1.80. The van der Waals surface area contributed by atoms with Crippen LogP contribution >= 0.6 is 0 Å². The highest BCUT2D eigenvalue weighted by Crippen LogP contribution is 2.28. The van der Waals surface area contributed by atoms with Crippen molar-refractivity contribution in [1.82, 2.24) is 14.6 Å². The first-order valence-electron chi connectivity index (χ1n) is 8.55. The zero-order chi connectivity index (χ0) is 19.0. The number of nitrogens with zero attached hydrogens (tertiary/aromatic N) is 3. The Morgan fingerprint density at radius 3 is 2.67 bits per heavy atom. The van der Waals surface area contributed by atoms with Gasteiger partial charge < -0.3 is 5.32 Å². The summed E-state index contributed by atoms with van der Waals surface area (Å²) in [6.45, 7) is 3.90. The quantitative estimate of drug-likeness (QED) is 0.412. The summed E-state index contributed by atoms with van der Waals surface area (Å²) in [7, 11) is 0. The third-order valence-corrected chi connectivity index (χ3v) is 4.43. The van der Waals surface area contributed by atoms with Crippen LogP contribution in [0.15, 0.2) is 60.9 Å². The number of benzene rings is 1. The number of para-hydroxylation sites is 1. The van der Waals surface area contributed by atoms with Gasteiger partial charge in [0.1, 0.15) is 0 Å². The third-order valence-electron chi connectivity index (χ3n) is 4.43.